The van der Waals surface area contributed by atoms with Crippen molar-refractivity contribution < 1.29 is 4.48 Å². The number of hydrogen-bond acceptors (Lipinski definition) is 0. The molecule has 0 aromatic carbocycles. The summed E-state index contributed by atoms with van der Waals surface area (Å²) < 4.78 is 1.42. The second-order valence-electron chi connectivity index (χ2n) is 6.25. The minimum atomic E-state index is 0.613. The summed E-state index contributed by atoms with van der Waals surface area (Å²) in [6.07, 6.45) is 6.98. The minimum Gasteiger partial charge on any atom is -0.324 e. The normalized spacial score (nSPS) is 24.0. The van der Waals surface area contributed by atoms with E-state index >= 15 is 0 Å². The van der Waals surface area contributed by atoms with E-state index in [0.29, 0.717) is 5.41 Å². The minimum absolute atomic E-state index is 0.613. The van der Waals surface area contributed by atoms with Crippen LogP contribution in [0.1, 0.15) is 59.8 Å². The highest BCUT2D eigenvalue weighted by atomic mass is 15.4. The summed E-state index contributed by atoms with van der Waals surface area (Å²) in [6, 6.07) is 0. The summed E-state index contributed by atoms with van der Waals surface area (Å²) in [5.74, 6) is 0. The van der Waals surface area contributed by atoms with Crippen molar-refractivity contribution in [1.82, 2.24) is 0 Å². The molecule has 1 heterocycles. The SMILES string of the molecule is CCCC[N+]1(CCC)CCC(C)(C)CC1. The zero-order chi connectivity index (χ0) is 11.4. The molecule has 0 radical (unpaired) electrons. The molecule has 0 atom stereocenters. The first-order chi connectivity index (χ1) is 7.04. The van der Waals surface area contributed by atoms with Crippen LogP contribution in [0.4, 0.5) is 0 Å². The Hall–Kier alpha value is -0.0400. The quantitative estimate of drug-likeness (QED) is 0.608. The molecule has 0 saturated carbocycles. The van der Waals surface area contributed by atoms with E-state index in [1.807, 2.05) is 0 Å². The van der Waals surface area contributed by atoms with Crippen LogP contribution in [-0.4, -0.2) is 30.7 Å². The predicted molar refractivity (Wildman–Crippen MR) is 67.9 cm³/mol. The Bertz CT molecular complexity index is 174. The molecule has 0 N–H and O–H groups in total. The highest BCUT2D eigenvalue weighted by molar-refractivity contribution is 4.73. The smallest absolute Gasteiger partial charge is 0.0791 e. The zero-order valence-electron chi connectivity index (χ0n) is 11.3. The Balaban J connectivity index is 2.52. The zero-order valence-corrected chi connectivity index (χ0v) is 11.3. The fourth-order valence-corrected chi connectivity index (χ4v) is 2.84. The van der Waals surface area contributed by atoms with Gasteiger partial charge in [0.2, 0.25) is 0 Å². The molecule has 0 aromatic rings. The van der Waals surface area contributed by atoms with Gasteiger partial charge in [0.25, 0.3) is 0 Å². The molecular formula is C14H30N+. The molecule has 0 bridgehead atoms. The van der Waals surface area contributed by atoms with Crippen molar-refractivity contribution in [1.29, 1.82) is 0 Å². The van der Waals surface area contributed by atoms with Crippen LogP contribution in [0.25, 0.3) is 0 Å². The van der Waals surface area contributed by atoms with E-state index in [9.17, 15) is 0 Å². The molecule has 0 unspecified atom stereocenters. The van der Waals surface area contributed by atoms with Crippen molar-refractivity contribution in [2.45, 2.75) is 59.8 Å². The van der Waals surface area contributed by atoms with Crippen LogP contribution < -0.4 is 0 Å². The van der Waals surface area contributed by atoms with Crippen LogP contribution in [0.2, 0.25) is 0 Å². The number of piperidine rings is 1. The molecule has 1 aliphatic rings. The second kappa shape index (κ2) is 5.34. The summed E-state index contributed by atoms with van der Waals surface area (Å²) in [5, 5.41) is 0. The third-order valence-electron chi connectivity index (χ3n) is 4.21. The monoisotopic (exact) mass is 212 g/mol. The van der Waals surface area contributed by atoms with E-state index in [-0.39, 0.29) is 0 Å². The van der Waals surface area contributed by atoms with Crippen LogP contribution in [0.15, 0.2) is 0 Å². The van der Waals surface area contributed by atoms with Crippen molar-refractivity contribution in [2.75, 3.05) is 26.2 Å². The molecule has 15 heavy (non-hydrogen) atoms. The van der Waals surface area contributed by atoms with Gasteiger partial charge in [-0.2, -0.15) is 0 Å². The number of hydrogen-bond donors (Lipinski definition) is 0. The second-order valence-corrected chi connectivity index (χ2v) is 6.25. The van der Waals surface area contributed by atoms with Gasteiger partial charge in [0, 0.05) is 12.8 Å². The molecule has 1 fully saturated rings. The van der Waals surface area contributed by atoms with E-state index in [1.54, 1.807) is 0 Å². The third kappa shape index (κ3) is 3.79. The Labute approximate surface area is 96.4 Å². The number of likely N-dealkylation sites (tertiary alicyclic amines) is 1. The number of nitrogens with zero attached hydrogens (tertiary/aromatic N) is 1. The molecule has 1 aliphatic heterocycles. The first kappa shape index (κ1) is 13.0. The largest absolute Gasteiger partial charge is 0.324 e. The fourth-order valence-electron chi connectivity index (χ4n) is 2.84. The van der Waals surface area contributed by atoms with Gasteiger partial charge in [-0.1, -0.05) is 34.1 Å². The van der Waals surface area contributed by atoms with Crippen LogP contribution in [0.5, 0.6) is 0 Å². The van der Waals surface area contributed by atoms with Gasteiger partial charge in [0.15, 0.2) is 0 Å². The van der Waals surface area contributed by atoms with Crippen molar-refractivity contribution in [3.05, 3.63) is 0 Å². The molecule has 0 amide bonds. The molecule has 0 aliphatic carbocycles. The van der Waals surface area contributed by atoms with E-state index in [1.165, 1.54) is 62.8 Å². The Morgan fingerprint density at radius 2 is 1.53 bits per heavy atom. The Morgan fingerprint density at radius 1 is 0.933 bits per heavy atom. The lowest BCUT2D eigenvalue weighted by atomic mass is 9.81. The third-order valence-corrected chi connectivity index (χ3v) is 4.21. The molecule has 1 heteroatoms. The van der Waals surface area contributed by atoms with Gasteiger partial charge >= 0.3 is 0 Å². The molecule has 90 valence electrons. The van der Waals surface area contributed by atoms with Gasteiger partial charge in [-0.15, -0.1) is 0 Å². The van der Waals surface area contributed by atoms with Gasteiger partial charge in [0.05, 0.1) is 26.2 Å². The maximum absolute atomic E-state index is 2.44. The highest BCUT2D eigenvalue weighted by Crippen LogP contribution is 2.34. The Morgan fingerprint density at radius 3 is 2.00 bits per heavy atom. The van der Waals surface area contributed by atoms with Crippen LogP contribution in [0, 0.1) is 5.41 Å². The standard InChI is InChI=1S/C14H30N/c1-5-7-11-15(10-6-2)12-8-14(3,4)9-13-15/h5-13H2,1-4H3/q+1. The summed E-state index contributed by atoms with van der Waals surface area (Å²) >= 11 is 0. The van der Waals surface area contributed by atoms with E-state index in [0.717, 1.165) is 0 Å². The number of quaternary nitrogens is 1. The van der Waals surface area contributed by atoms with Crippen molar-refractivity contribution >= 4 is 0 Å². The van der Waals surface area contributed by atoms with Crippen LogP contribution in [-0.2, 0) is 0 Å². The molecule has 1 saturated heterocycles. The highest BCUT2D eigenvalue weighted by Gasteiger charge is 2.36. The lowest BCUT2D eigenvalue weighted by molar-refractivity contribution is -0.935. The van der Waals surface area contributed by atoms with Crippen LogP contribution >= 0.6 is 0 Å². The average Bonchev–Trinajstić information content (AvgIpc) is 2.20. The van der Waals surface area contributed by atoms with E-state index in [4.69, 9.17) is 0 Å². The van der Waals surface area contributed by atoms with E-state index < -0.39 is 0 Å². The summed E-state index contributed by atoms with van der Waals surface area (Å²) in [7, 11) is 0. The predicted octanol–water partition coefficient (Wildman–Crippen LogP) is 3.83. The number of rotatable bonds is 5. The maximum Gasteiger partial charge on any atom is 0.0791 e. The van der Waals surface area contributed by atoms with Gasteiger partial charge < -0.3 is 4.48 Å². The first-order valence-electron chi connectivity index (χ1n) is 6.89. The topological polar surface area (TPSA) is 0 Å². The van der Waals surface area contributed by atoms with Crippen molar-refractivity contribution in [3.8, 4) is 0 Å². The molecule has 1 rings (SSSR count). The van der Waals surface area contributed by atoms with Crippen LogP contribution in [0.3, 0.4) is 0 Å². The molecule has 0 aromatic heterocycles. The van der Waals surface area contributed by atoms with Gasteiger partial charge in [-0.05, 0) is 18.3 Å². The summed E-state index contributed by atoms with van der Waals surface area (Å²) in [5.41, 5.74) is 0.613. The molecular weight excluding hydrogens is 182 g/mol. The van der Waals surface area contributed by atoms with Gasteiger partial charge in [0.1, 0.15) is 0 Å². The lowest BCUT2D eigenvalue weighted by Gasteiger charge is -2.46. The molecule has 1 nitrogen and oxygen atoms in total. The van der Waals surface area contributed by atoms with Crippen molar-refractivity contribution in [3.63, 3.8) is 0 Å². The van der Waals surface area contributed by atoms with Crippen molar-refractivity contribution in [2.24, 2.45) is 5.41 Å². The average molecular weight is 212 g/mol. The summed E-state index contributed by atoms with van der Waals surface area (Å²) in [4.78, 5) is 0. The number of unbranched alkanes of at least 4 members (excludes halogenated alkanes) is 1. The maximum atomic E-state index is 2.44. The first-order valence-corrected chi connectivity index (χ1v) is 6.89. The Kier molecular flexibility index (Phi) is 4.64. The fraction of sp³-hybridized carbons (Fsp3) is 1.00. The van der Waals surface area contributed by atoms with E-state index in [2.05, 4.69) is 27.7 Å². The summed E-state index contributed by atoms with van der Waals surface area (Å²) in [6.45, 7) is 15.2. The van der Waals surface area contributed by atoms with Gasteiger partial charge in [-0.3, -0.25) is 0 Å². The van der Waals surface area contributed by atoms with Gasteiger partial charge in [-0.25, -0.2) is 0 Å². The molecule has 0 spiro atoms. The lowest BCUT2D eigenvalue weighted by Crippen LogP contribution is -2.55.